The Morgan fingerprint density at radius 1 is 1.30 bits per heavy atom. The number of carbonyl (C=O) groups is 2. The predicted octanol–water partition coefficient (Wildman–Crippen LogP) is 3.29. The zero-order valence-corrected chi connectivity index (χ0v) is 18.2. The van der Waals surface area contributed by atoms with Crippen molar-refractivity contribution in [3.05, 3.63) is 57.8 Å². The molecule has 0 aromatic heterocycles. The Balaban J connectivity index is 2.20. The molecule has 1 unspecified atom stereocenters. The van der Waals surface area contributed by atoms with Crippen LogP contribution in [-0.2, 0) is 4.79 Å². The highest BCUT2D eigenvalue weighted by molar-refractivity contribution is 9.10. The molecule has 2 aromatic carbocycles. The van der Waals surface area contributed by atoms with Gasteiger partial charge in [0.05, 0.1) is 28.2 Å². The molecule has 0 fully saturated rings. The van der Waals surface area contributed by atoms with Gasteiger partial charge in [-0.1, -0.05) is 19.1 Å². The first-order valence-electron chi connectivity index (χ1n) is 9.47. The Labute approximate surface area is 182 Å². The molecule has 30 heavy (non-hydrogen) atoms. The number of benzodiazepines with no additional fused rings is 1. The van der Waals surface area contributed by atoms with Crippen LogP contribution in [0.15, 0.2) is 45.9 Å². The van der Waals surface area contributed by atoms with Crippen molar-refractivity contribution in [2.45, 2.75) is 19.4 Å². The van der Waals surface area contributed by atoms with E-state index in [4.69, 9.17) is 5.11 Å². The Hall–Kier alpha value is -2.78. The summed E-state index contributed by atoms with van der Waals surface area (Å²) in [6, 6.07) is 8.42. The van der Waals surface area contributed by atoms with Gasteiger partial charge >= 0.3 is 6.03 Å². The van der Waals surface area contributed by atoms with Gasteiger partial charge < -0.3 is 20.6 Å². The SMILES string of the molecule is CCC1N=C(c2ccccc2F)c2c(ccc(NC(=O)NCCO)c2Br)N(C)C1=O. The number of likely N-dealkylation sites (N-methyl/N-ethyl adjacent to an activating group) is 1. The Bertz CT molecular complexity index is 1010. The zero-order chi connectivity index (χ0) is 21.8. The molecule has 1 heterocycles. The first-order chi connectivity index (χ1) is 14.4. The lowest BCUT2D eigenvalue weighted by Crippen LogP contribution is -2.34. The van der Waals surface area contributed by atoms with Gasteiger partial charge in [-0.25, -0.2) is 9.18 Å². The molecule has 7 nitrogen and oxygen atoms in total. The fourth-order valence-corrected chi connectivity index (χ4v) is 3.87. The van der Waals surface area contributed by atoms with E-state index in [1.54, 1.807) is 37.4 Å². The average molecular weight is 477 g/mol. The number of anilines is 2. The number of aliphatic hydroxyl groups excluding tert-OH is 1. The van der Waals surface area contributed by atoms with E-state index in [1.807, 2.05) is 6.92 Å². The summed E-state index contributed by atoms with van der Waals surface area (Å²) in [5, 5.41) is 14.1. The smallest absolute Gasteiger partial charge is 0.319 e. The quantitative estimate of drug-likeness (QED) is 0.617. The number of hydrogen-bond donors (Lipinski definition) is 3. The van der Waals surface area contributed by atoms with Crippen molar-refractivity contribution in [1.82, 2.24) is 5.32 Å². The van der Waals surface area contributed by atoms with Gasteiger partial charge in [0, 0.05) is 24.7 Å². The maximum atomic E-state index is 14.7. The Morgan fingerprint density at radius 2 is 2.03 bits per heavy atom. The first-order valence-corrected chi connectivity index (χ1v) is 10.3. The predicted molar refractivity (Wildman–Crippen MR) is 118 cm³/mol. The van der Waals surface area contributed by atoms with E-state index in [1.165, 1.54) is 11.0 Å². The molecule has 1 aliphatic rings. The number of aliphatic hydroxyl groups is 1. The van der Waals surface area contributed by atoms with Crippen LogP contribution < -0.4 is 15.5 Å². The van der Waals surface area contributed by atoms with Gasteiger partial charge in [0.1, 0.15) is 11.9 Å². The summed E-state index contributed by atoms with van der Waals surface area (Å²) in [5.74, 6) is -0.654. The van der Waals surface area contributed by atoms with E-state index in [0.717, 1.165) is 0 Å². The second-order valence-electron chi connectivity index (χ2n) is 6.70. The average Bonchev–Trinajstić information content (AvgIpc) is 2.84. The largest absolute Gasteiger partial charge is 0.395 e. The summed E-state index contributed by atoms with van der Waals surface area (Å²) >= 11 is 3.52. The maximum absolute atomic E-state index is 14.7. The van der Waals surface area contributed by atoms with Crippen molar-refractivity contribution >= 4 is 45.0 Å². The number of urea groups is 1. The number of aliphatic imine (C=N–C) groups is 1. The lowest BCUT2D eigenvalue weighted by Gasteiger charge is -2.22. The fourth-order valence-electron chi connectivity index (χ4n) is 3.24. The van der Waals surface area contributed by atoms with E-state index in [0.29, 0.717) is 33.5 Å². The van der Waals surface area contributed by atoms with Crippen LogP contribution in [0.5, 0.6) is 0 Å². The van der Waals surface area contributed by atoms with E-state index in [2.05, 4.69) is 31.6 Å². The van der Waals surface area contributed by atoms with E-state index in [9.17, 15) is 14.0 Å². The number of halogens is 2. The van der Waals surface area contributed by atoms with E-state index >= 15 is 0 Å². The minimum Gasteiger partial charge on any atom is -0.395 e. The van der Waals surface area contributed by atoms with Gasteiger partial charge in [0.25, 0.3) is 5.91 Å². The van der Waals surface area contributed by atoms with Gasteiger partial charge in [-0.2, -0.15) is 0 Å². The van der Waals surface area contributed by atoms with Gasteiger partial charge in [-0.3, -0.25) is 9.79 Å². The second kappa shape index (κ2) is 9.36. The molecule has 0 saturated carbocycles. The van der Waals surface area contributed by atoms with Crippen LogP contribution in [0.3, 0.4) is 0 Å². The molecule has 1 aliphatic heterocycles. The lowest BCUT2D eigenvalue weighted by atomic mass is 9.99. The number of fused-ring (bicyclic) bond motifs is 1. The molecule has 0 saturated heterocycles. The van der Waals surface area contributed by atoms with Crippen LogP contribution in [0.1, 0.15) is 24.5 Å². The topological polar surface area (TPSA) is 94.0 Å². The van der Waals surface area contributed by atoms with Crippen molar-refractivity contribution in [1.29, 1.82) is 0 Å². The van der Waals surface area contributed by atoms with Crippen molar-refractivity contribution in [2.24, 2.45) is 4.99 Å². The monoisotopic (exact) mass is 476 g/mol. The fraction of sp³-hybridized carbons (Fsp3) is 0.286. The Morgan fingerprint density at radius 3 is 2.70 bits per heavy atom. The highest BCUT2D eigenvalue weighted by Gasteiger charge is 2.32. The highest BCUT2D eigenvalue weighted by atomic mass is 79.9. The number of rotatable bonds is 5. The Kier molecular flexibility index (Phi) is 6.84. The van der Waals surface area contributed by atoms with E-state index in [-0.39, 0.29) is 24.6 Å². The molecule has 3 amide bonds. The van der Waals surface area contributed by atoms with Gasteiger partial charge in [-0.15, -0.1) is 0 Å². The third-order valence-corrected chi connectivity index (χ3v) is 5.60. The minimum absolute atomic E-state index is 0.103. The molecule has 3 N–H and O–H groups in total. The third-order valence-electron chi connectivity index (χ3n) is 4.78. The summed E-state index contributed by atoms with van der Waals surface area (Å²) in [6.07, 6.45) is 0.460. The van der Waals surface area contributed by atoms with Gasteiger partial charge in [-0.05, 0) is 46.6 Å². The molecule has 9 heteroatoms. The van der Waals surface area contributed by atoms with Crippen LogP contribution >= 0.6 is 15.9 Å². The number of carbonyl (C=O) groups excluding carboxylic acids is 2. The van der Waals surface area contributed by atoms with Crippen molar-refractivity contribution in [3.8, 4) is 0 Å². The van der Waals surface area contributed by atoms with Crippen LogP contribution in [0.2, 0.25) is 0 Å². The number of nitrogens with one attached hydrogen (secondary N) is 2. The molecule has 1 atom stereocenters. The molecule has 0 radical (unpaired) electrons. The second-order valence-corrected chi connectivity index (χ2v) is 7.50. The zero-order valence-electron chi connectivity index (χ0n) is 16.6. The number of hydrogen-bond acceptors (Lipinski definition) is 4. The minimum atomic E-state index is -0.659. The van der Waals surface area contributed by atoms with E-state index < -0.39 is 17.9 Å². The normalized spacial score (nSPS) is 15.9. The molecule has 3 rings (SSSR count). The number of amides is 3. The number of benzene rings is 2. The molecule has 158 valence electrons. The van der Waals surface area contributed by atoms with Crippen LogP contribution in [0.4, 0.5) is 20.6 Å². The standard InChI is InChI=1S/C21H22BrFN4O3/c1-3-14-20(29)27(2)16-9-8-15(26-21(30)24-10-11-28)18(22)17(16)19(25-14)12-6-4-5-7-13(12)23/h4-9,14,28H,3,10-11H2,1-2H3,(H2,24,26,30). The summed E-state index contributed by atoms with van der Waals surface area (Å²) < 4.78 is 15.2. The molecular weight excluding hydrogens is 455 g/mol. The van der Waals surface area contributed by atoms with Crippen LogP contribution in [0.25, 0.3) is 0 Å². The van der Waals surface area contributed by atoms with Crippen LogP contribution in [-0.4, -0.2) is 49.0 Å². The maximum Gasteiger partial charge on any atom is 0.319 e. The molecule has 0 bridgehead atoms. The summed E-state index contributed by atoms with van der Waals surface area (Å²) in [6.45, 7) is 1.77. The summed E-state index contributed by atoms with van der Waals surface area (Å²) in [7, 11) is 1.65. The number of nitrogens with zero attached hydrogens (tertiary/aromatic N) is 2. The molecule has 0 spiro atoms. The molecular formula is C21H22BrFN4O3. The molecule has 2 aromatic rings. The van der Waals surface area contributed by atoms with Crippen molar-refractivity contribution in [3.63, 3.8) is 0 Å². The highest BCUT2D eigenvalue weighted by Crippen LogP contribution is 2.38. The third kappa shape index (κ3) is 4.22. The van der Waals surface area contributed by atoms with Gasteiger partial charge in [0.2, 0.25) is 0 Å². The lowest BCUT2D eigenvalue weighted by molar-refractivity contribution is -0.119. The molecule has 0 aliphatic carbocycles. The first kappa shape index (κ1) is 21.9. The van der Waals surface area contributed by atoms with Crippen molar-refractivity contribution < 1.29 is 19.1 Å². The summed E-state index contributed by atoms with van der Waals surface area (Å²) in [5.41, 5.74) is 2.07. The van der Waals surface area contributed by atoms with Crippen molar-refractivity contribution in [2.75, 3.05) is 30.4 Å². The summed E-state index contributed by atoms with van der Waals surface area (Å²) in [4.78, 5) is 31.1. The van der Waals surface area contributed by atoms with Gasteiger partial charge in [0.15, 0.2) is 0 Å². The van der Waals surface area contributed by atoms with Crippen LogP contribution in [0, 0.1) is 5.82 Å².